The molecule has 0 unspecified atom stereocenters. The summed E-state index contributed by atoms with van der Waals surface area (Å²) in [5, 5.41) is 10.2. The lowest BCUT2D eigenvalue weighted by Gasteiger charge is -2.44. The third kappa shape index (κ3) is 3.87. The van der Waals surface area contributed by atoms with Gasteiger partial charge in [0, 0.05) is 31.0 Å². The van der Waals surface area contributed by atoms with Crippen LogP contribution in [0.2, 0.25) is 5.02 Å². The van der Waals surface area contributed by atoms with Crippen molar-refractivity contribution in [1.29, 1.82) is 0 Å². The lowest BCUT2D eigenvalue weighted by Crippen LogP contribution is -2.58. The van der Waals surface area contributed by atoms with Gasteiger partial charge in [0.2, 0.25) is 5.91 Å². The van der Waals surface area contributed by atoms with Crippen molar-refractivity contribution < 1.29 is 19.4 Å². The van der Waals surface area contributed by atoms with Gasteiger partial charge < -0.3 is 14.7 Å². The molecule has 0 bridgehead atoms. The molecule has 1 amide bonds. The number of hydrogen-bond acceptors (Lipinski definition) is 4. The number of carbonyl (C=O) groups is 2. The number of carboxylic acid groups (broad SMARTS) is 1. The first-order chi connectivity index (χ1) is 12.4. The fourth-order valence-electron chi connectivity index (χ4n) is 3.93. The van der Waals surface area contributed by atoms with Gasteiger partial charge in [-0.3, -0.25) is 9.69 Å². The third-order valence-corrected chi connectivity index (χ3v) is 5.51. The summed E-state index contributed by atoms with van der Waals surface area (Å²) in [5.41, 5.74) is 0.0191. The SMILES string of the molecule is CCCN1CCC2(CC1)OC[C@@H](C(=O)O)N2C(=O)Cc1ccc(Cl)cc1. The van der Waals surface area contributed by atoms with Crippen LogP contribution in [0.4, 0.5) is 0 Å². The Bertz CT molecular complexity index is 656. The number of amides is 1. The summed E-state index contributed by atoms with van der Waals surface area (Å²) in [7, 11) is 0. The molecule has 142 valence electrons. The molecule has 1 atom stereocenters. The Morgan fingerprint density at radius 2 is 1.92 bits per heavy atom. The zero-order valence-electron chi connectivity index (χ0n) is 15.0. The first-order valence-electron chi connectivity index (χ1n) is 9.11. The number of carboxylic acids is 1. The van der Waals surface area contributed by atoms with Crippen molar-refractivity contribution in [1.82, 2.24) is 9.80 Å². The molecule has 0 radical (unpaired) electrons. The van der Waals surface area contributed by atoms with Crippen molar-refractivity contribution in [2.24, 2.45) is 0 Å². The standard InChI is InChI=1S/C19H25ClN2O4/c1-2-9-21-10-7-19(8-11-21)22(16(13-26-19)18(24)25)17(23)12-14-3-5-15(20)6-4-14/h3-6,16H,2,7-13H2,1H3,(H,24,25)/t16-/m0/s1. The molecule has 1 aromatic rings. The molecule has 2 heterocycles. The van der Waals surface area contributed by atoms with Crippen LogP contribution in [0.25, 0.3) is 0 Å². The van der Waals surface area contributed by atoms with E-state index in [-0.39, 0.29) is 18.9 Å². The molecular formula is C19H25ClN2O4. The molecule has 1 aromatic carbocycles. The summed E-state index contributed by atoms with van der Waals surface area (Å²) in [5.74, 6) is -1.22. The molecule has 2 aliphatic heterocycles. The van der Waals surface area contributed by atoms with Gasteiger partial charge >= 0.3 is 5.97 Å². The average molecular weight is 381 g/mol. The van der Waals surface area contributed by atoms with E-state index < -0.39 is 17.7 Å². The van der Waals surface area contributed by atoms with Crippen LogP contribution >= 0.6 is 11.6 Å². The first-order valence-corrected chi connectivity index (χ1v) is 9.49. The Kier molecular flexibility index (Phi) is 5.85. The van der Waals surface area contributed by atoms with E-state index in [9.17, 15) is 14.7 Å². The maximum atomic E-state index is 13.0. The van der Waals surface area contributed by atoms with E-state index in [1.807, 2.05) is 0 Å². The Labute approximate surface area is 158 Å². The minimum atomic E-state index is -1.01. The summed E-state index contributed by atoms with van der Waals surface area (Å²) in [6.07, 6.45) is 2.50. The maximum absolute atomic E-state index is 13.0. The summed E-state index contributed by atoms with van der Waals surface area (Å²) in [4.78, 5) is 28.6. The van der Waals surface area contributed by atoms with E-state index in [2.05, 4.69) is 11.8 Å². The van der Waals surface area contributed by atoms with Crippen molar-refractivity contribution in [3.8, 4) is 0 Å². The number of nitrogens with zero attached hydrogens (tertiary/aromatic N) is 2. The average Bonchev–Trinajstić information content (AvgIpc) is 2.99. The van der Waals surface area contributed by atoms with Crippen LogP contribution in [0.3, 0.4) is 0 Å². The minimum absolute atomic E-state index is 0.0511. The van der Waals surface area contributed by atoms with E-state index in [0.717, 1.165) is 31.6 Å². The maximum Gasteiger partial charge on any atom is 0.328 e. The molecule has 0 aliphatic carbocycles. The van der Waals surface area contributed by atoms with E-state index >= 15 is 0 Å². The molecule has 2 fully saturated rings. The molecule has 3 rings (SSSR count). The predicted octanol–water partition coefficient (Wildman–Crippen LogP) is 2.40. The number of carbonyl (C=O) groups excluding carboxylic acids is 1. The van der Waals surface area contributed by atoms with Crippen LogP contribution in [0, 0.1) is 0 Å². The predicted molar refractivity (Wildman–Crippen MR) is 98.1 cm³/mol. The monoisotopic (exact) mass is 380 g/mol. The summed E-state index contributed by atoms with van der Waals surface area (Å²) in [6.45, 7) is 4.82. The van der Waals surface area contributed by atoms with Crippen LogP contribution in [0.1, 0.15) is 31.7 Å². The van der Waals surface area contributed by atoms with Crippen molar-refractivity contribution in [3.63, 3.8) is 0 Å². The fourth-order valence-corrected chi connectivity index (χ4v) is 4.06. The lowest BCUT2D eigenvalue weighted by atomic mass is 9.96. The van der Waals surface area contributed by atoms with Crippen molar-refractivity contribution >= 4 is 23.5 Å². The number of hydrogen-bond donors (Lipinski definition) is 1. The fraction of sp³-hybridized carbons (Fsp3) is 0.579. The van der Waals surface area contributed by atoms with E-state index in [4.69, 9.17) is 16.3 Å². The second-order valence-electron chi connectivity index (χ2n) is 7.02. The molecule has 7 heteroatoms. The number of rotatable bonds is 5. The topological polar surface area (TPSA) is 70.1 Å². The smallest absolute Gasteiger partial charge is 0.328 e. The molecule has 0 saturated carbocycles. The number of halogens is 1. The Balaban J connectivity index is 1.78. The molecule has 1 N–H and O–H groups in total. The normalized spacial score (nSPS) is 22.7. The highest BCUT2D eigenvalue weighted by atomic mass is 35.5. The van der Waals surface area contributed by atoms with Crippen molar-refractivity contribution in [2.45, 2.75) is 44.4 Å². The van der Waals surface area contributed by atoms with Gasteiger partial charge in [0.1, 0.15) is 5.72 Å². The molecule has 26 heavy (non-hydrogen) atoms. The highest BCUT2D eigenvalue weighted by Crippen LogP contribution is 2.38. The number of ether oxygens (including phenoxy) is 1. The number of likely N-dealkylation sites (tertiary alicyclic amines) is 1. The Morgan fingerprint density at radius 3 is 2.50 bits per heavy atom. The molecular weight excluding hydrogens is 356 g/mol. The van der Waals surface area contributed by atoms with Crippen LogP contribution in [-0.2, 0) is 20.7 Å². The summed E-state index contributed by atoms with van der Waals surface area (Å²) in [6, 6.07) is 6.14. The van der Waals surface area contributed by atoms with Gasteiger partial charge in [-0.2, -0.15) is 0 Å². The van der Waals surface area contributed by atoms with Gasteiger partial charge in [-0.05, 0) is 30.7 Å². The van der Waals surface area contributed by atoms with Gasteiger partial charge in [0.25, 0.3) is 0 Å². The lowest BCUT2D eigenvalue weighted by molar-refractivity contribution is -0.165. The summed E-state index contributed by atoms with van der Waals surface area (Å²) < 4.78 is 5.95. The molecule has 2 saturated heterocycles. The Hall–Kier alpha value is -1.63. The number of piperidine rings is 1. The van der Waals surface area contributed by atoms with Gasteiger partial charge in [-0.25, -0.2) is 4.79 Å². The molecule has 2 aliphatic rings. The van der Waals surface area contributed by atoms with E-state index in [1.165, 1.54) is 4.90 Å². The number of benzene rings is 1. The zero-order chi connectivity index (χ0) is 18.7. The summed E-state index contributed by atoms with van der Waals surface area (Å²) >= 11 is 5.90. The Morgan fingerprint density at radius 1 is 1.27 bits per heavy atom. The van der Waals surface area contributed by atoms with E-state index in [1.54, 1.807) is 24.3 Å². The van der Waals surface area contributed by atoms with Crippen molar-refractivity contribution in [2.75, 3.05) is 26.2 Å². The van der Waals surface area contributed by atoms with Gasteiger partial charge in [0.15, 0.2) is 6.04 Å². The quantitative estimate of drug-likeness (QED) is 0.849. The third-order valence-electron chi connectivity index (χ3n) is 5.26. The minimum Gasteiger partial charge on any atom is -0.480 e. The van der Waals surface area contributed by atoms with E-state index in [0.29, 0.717) is 17.9 Å². The first kappa shape index (κ1) is 19.1. The van der Waals surface area contributed by atoms with Gasteiger partial charge in [-0.15, -0.1) is 0 Å². The highest BCUT2D eigenvalue weighted by molar-refractivity contribution is 6.30. The van der Waals surface area contributed by atoms with Gasteiger partial charge in [0.05, 0.1) is 13.0 Å². The zero-order valence-corrected chi connectivity index (χ0v) is 15.7. The van der Waals surface area contributed by atoms with Crippen LogP contribution in [0.5, 0.6) is 0 Å². The highest BCUT2D eigenvalue weighted by Gasteiger charge is 2.53. The van der Waals surface area contributed by atoms with Crippen LogP contribution < -0.4 is 0 Å². The largest absolute Gasteiger partial charge is 0.480 e. The van der Waals surface area contributed by atoms with Crippen LogP contribution in [0.15, 0.2) is 24.3 Å². The second kappa shape index (κ2) is 7.94. The molecule has 0 aromatic heterocycles. The molecule has 6 nitrogen and oxygen atoms in total. The number of aliphatic carboxylic acids is 1. The van der Waals surface area contributed by atoms with Crippen LogP contribution in [-0.4, -0.2) is 64.8 Å². The van der Waals surface area contributed by atoms with Crippen molar-refractivity contribution in [3.05, 3.63) is 34.9 Å². The molecule has 1 spiro atoms. The second-order valence-corrected chi connectivity index (χ2v) is 7.46. The van der Waals surface area contributed by atoms with Gasteiger partial charge in [-0.1, -0.05) is 30.7 Å².